The maximum atomic E-state index is 12.4. The fourth-order valence-corrected chi connectivity index (χ4v) is 3.03. The minimum Gasteiger partial charge on any atom is -0.326 e. The number of carbonyl (C=O) groups excluding carboxylic acids is 1. The van der Waals surface area contributed by atoms with Gasteiger partial charge in [-0.05, 0) is 55.5 Å². The van der Waals surface area contributed by atoms with E-state index in [1.54, 1.807) is 6.07 Å². The quantitative estimate of drug-likeness (QED) is 0.823. The third-order valence-corrected chi connectivity index (χ3v) is 4.26. The van der Waals surface area contributed by atoms with Crippen molar-refractivity contribution >= 4 is 24.0 Å². The maximum absolute atomic E-state index is 12.4. The Kier molecular flexibility index (Phi) is 8.03. The van der Waals surface area contributed by atoms with Crippen LogP contribution in [-0.4, -0.2) is 25.2 Å². The number of alkyl halides is 3. The second-order valence-corrected chi connectivity index (χ2v) is 6.33. The lowest BCUT2D eigenvalue weighted by molar-refractivity contribution is -0.127. The summed E-state index contributed by atoms with van der Waals surface area (Å²) < 4.78 is 37.3. The number of benzene rings is 1. The van der Waals surface area contributed by atoms with Crippen molar-refractivity contribution in [2.75, 3.05) is 18.4 Å². The van der Waals surface area contributed by atoms with Gasteiger partial charge in [-0.2, -0.15) is 13.2 Å². The van der Waals surface area contributed by atoms with Crippen molar-refractivity contribution in [1.29, 1.82) is 0 Å². The summed E-state index contributed by atoms with van der Waals surface area (Å²) >= 11 is 0. The molecule has 7 heteroatoms. The third-order valence-electron chi connectivity index (χ3n) is 4.26. The van der Waals surface area contributed by atoms with Gasteiger partial charge in [-0.3, -0.25) is 4.79 Å². The highest BCUT2D eigenvalue weighted by atomic mass is 35.5. The Labute approximate surface area is 146 Å². The number of hydrogen-bond donors (Lipinski definition) is 2. The molecule has 136 valence electrons. The molecule has 3 nitrogen and oxygen atoms in total. The van der Waals surface area contributed by atoms with Crippen molar-refractivity contribution in [1.82, 2.24) is 5.32 Å². The number of rotatable bonds is 5. The smallest absolute Gasteiger partial charge is 0.326 e. The van der Waals surface area contributed by atoms with Crippen molar-refractivity contribution in [3.05, 3.63) is 29.8 Å². The first kappa shape index (κ1) is 20.8. The fourth-order valence-electron chi connectivity index (χ4n) is 3.03. The third kappa shape index (κ3) is 7.09. The van der Waals surface area contributed by atoms with E-state index >= 15 is 0 Å². The Morgan fingerprint density at radius 1 is 1.42 bits per heavy atom. The van der Waals surface area contributed by atoms with E-state index in [9.17, 15) is 18.0 Å². The Bertz CT molecular complexity index is 531. The van der Waals surface area contributed by atoms with Gasteiger partial charge in [-0.1, -0.05) is 19.1 Å². The van der Waals surface area contributed by atoms with E-state index < -0.39 is 12.6 Å². The molecular formula is C17H24ClF3N2O. The largest absolute Gasteiger partial charge is 0.393 e. The van der Waals surface area contributed by atoms with Crippen LogP contribution in [0.4, 0.5) is 18.9 Å². The van der Waals surface area contributed by atoms with Gasteiger partial charge in [-0.25, -0.2) is 0 Å². The van der Waals surface area contributed by atoms with E-state index in [1.807, 2.05) is 0 Å². The topological polar surface area (TPSA) is 41.1 Å². The number of anilines is 1. The number of nitrogens with one attached hydrogen (secondary N) is 2. The zero-order chi connectivity index (χ0) is 16.9. The predicted octanol–water partition coefficient (Wildman–Crippen LogP) is 4.18. The first-order valence-corrected chi connectivity index (χ1v) is 8.00. The lowest BCUT2D eigenvalue weighted by atomic mass is 9.85. The maximum Gasteiger partial charge on any atom is 0.393 e. The van der Waals surface area contributed by atoms with Gasteiger partial charge in [0.2, 0.25) is 5.91 Å². The lowest BCUT2D eigenvalue weighted by Crippen LogP contribution is -2.34. The van der Waals surface area contributed by atoms with Crippen LogP contribution in [0.1, 0.15) is 31.7 Å². The molecule has 1 aromatic carbocycles. The van der Waals surface area contributed by atoms with Crippen LogP contribution < -0.4 is 10.6 Å². The zero-order valence-electron chi connectivity index (χ0n) is 13.7. The Morgan fingerprint density at radius 3 is 2.79 bits per heavy atom. The van der Waals surface area contributed by atoms with Crippen LogP contribution in [0.25, 0.3) is 0 Å². The summed E-state index contributed by atoms with van der Waals surface area (Å²) in [6.45, 7) is 4.01. The summed E-state index contributed by atoms with van der Waals surface area (Å²) in [4.78, 5) is 12.1. The minimum atomic E-state index is -4.24. The number of carbonyl (C=O) groups is 1. The van der Waals surface area contributed by atoms with Crippen molar-refractivity contribution < 1.29 is 18.0 Å². The monoisotopic (exact) mass is 364 g/mol. The van der Waals surface area contributed by atoms with E-state index in [-0.39, 0.29) is 29.8 Å². The molecule has 24 heavy (non-hydrogen) atoms. The van der Waals surface area contributed by atoms with Gasteiger partial charge in [0.15, 0.2) is 0 Å². The molecule has 1 aliphatic heterocycles. The molecule has 1 aliphatic rings. The highest BCUT2D eigenvalue weighted by Gasteiger charge is 2.27. The molecule has 1 saturated heterocycles. The second kappa shape index (κ2) is 9.28. The van der Waals surface area contributed by atoms with Gasteiger partial charge in [-0.15, -0.1) is 12.4 Å². The average Bonchev–Trinajstić information content (AvgIpc) is 2.46. The summed E-state index contributed by atoms with van der Waals surface area (Å²) in [6.07, 6.45) is -2.61. The normalized spacial score (nSPS) is 19.2. The average molecular weight is 365 g/mol. The van der Waals surface area contributed by atoms with Crippen LogP contribution in [0.2, 0.25) is 0 Å². The summed E-state index contributed by atoms with van der Waals surface area (Å²) in [7, 11) is 0. The number of halogens is 4. The van der Waals surface area contributed by atoms with Crippen LogP contribution >= 0.6 is 12.4 Å². The van der Waals surface area contributed by atoms with E-state index in [1.165, 1.54) is 18.2 Å². The fraction of sp³-hybridized carbons (Fsp3) is 0.588. The van der Waals surface area contributed by atoms with E-state index in [2.05, 4.69) is 17.6 Å². The highest BCUT2D eigenvalue weighted by Crippen LogP contribution is 2.25. The van der Waals surface area contributed by atoms with Gasteiger partial charge in [0.1, 0.15) is 0 Å². The first-order valence-electron chi connectivity index (χ1n) is 8.00. The summed E-state index contributed by atoms with van der Waals surface area (Å²) in [5, 5.41) is 6.04. The second-order valence-electron chi connectivity index (χ2n) is 6.33. The van der Waals surface area contributed by atoms with E-state index in [4.69, 9.17) is 0 Å². The van der Waals surface area contributed by atoms with Crippen molar-refractivity contribution in [3.63, 3.8) is 0 Å². The molecule has 0 aliphatic carbocycles. The van der Waals surface area contributed by atoms with Crippen LogP contribution in [-0.2, 0) is 11.2 Å². The molecule has 0 radical (unpaired) electrons. The predicted molar refractivity (Wildman–Crippen MR) is 91.5 cm³/mol. The van der Waals surface area contributed by atoms with Crippen LogP contribution in [0.5, 0.6) is 0 Å². The Hall–Kier alpha value is -1.27. The summed E-state index contributed by atoms with van der Waals surface area (Å²) in [6, 6.07) is 5.95. The number of piperidine rings is 1. The van der Waals surface area contributed by atoms with Gasteiger partial charge in [0.25, 0.3) is 0 Å². The standard InChI is InChI=1S/C17H23F3N2O.ClH/c1-12(14-5-3-7-21-11-14)8-16(23)22-15-6-2-4-13(9-15)10-17(18,19)20;/h2,4,6,9,12,14,21H,3,5,7-8,10-11H2,1H3,(H,22,23);1H. The van der Waals surface area contributed by atoms with E-state index in [0.29, 0.717) is 18.0 Å². The molecule has 1 amide bonds. The molecule has 2 N–H and O–H groups in total. The first-order chi connectivity index (χ1) is 10.8. The SMILES string of the molecule is CC(CC(=O)Nc1cccc(CC(F)(F)F)c1)C1CCCNC1.Cl. The molecule has 0 aromatic heterocycles. The van der Waals surface area contributed by atoms with Crippen molar-refractivity contribution in [3.8, 4) is 0 Å². The van der Waals surface area contributed by atoms with Gasteiger partial charge < -0.3 is 10.6 Å². The van der Waals surface area contributed by atoms with Gasteiger partial charge in [0.05, 0.1) is 6.42 Å². The lowest BCUT2D eigenvalue weighted by Gasteiger charge is -2.28. The summed E-state index contributed by atoms with van der Waals surface area (Å²) in [5.74, 6) is 0.583. The minimum absolute atomic E-state index is 0. The molecule has 2 unspecified atom stereocenters. The molecule has 0 saturated carbocycles. The molecule has 2 atom stereocenters. The molecular weight excluding hydrogens is 341 g/mol. The highest BCUT2D eigenvalue weighted by molar-refractivity contribution is 5.90. The molecule has 0 bridgehead atoms. The van der Waals surface area contributed by atoms with Crippen LogP contribution in [0, 0.1) is 11.8 Å². The molecule has 0 spiro atoms. The molecule has 1 aromatic rings. The Morgan fingerprint density at radius 2 is 2.17 bits per heavy atom. The van der Waals surface area contributed by atoms with Gasteiger partial charge >= 0.3 is 6.18 Å². The van der Waals surface area contributed by atoms with Gasteiger partial charge in [0, 0.05) is 12.1 Å². The zero-order valence-corrected chi connectivity index (χ0v) is 14.5. The summed E-state index contributed by atoms with van der Waals surface area (Å²) in [5.41, 5.74) is 0.575. The van der Waals surface area contributed by atoms with Crippen molar-refractivity contribution in [2.24, 2.45) is 11.8 Å². The molecule has 1 fully saturated rings. The number of hydrogen-bond acceptors (Lipinski definition) is 2. The molecule has 1 heterocycles. The number of amides is 1. The van der Waals surface area contributed by atoms with Crippen LogP contribution in [0.15, 0.2) is 24.3 Å². The van der Waals surface area contributed by atoms with E-state index in [0.717, 1.165) is 25.9 Å². The molecule has 2 rings (SSSR count). The van der Waals surface area contributed by atoms with Crippen LogP contribution in [0.3, 0.4) is 0 Å². The van der Waals surface area contributed by atoms with Crippen molar-refractivity contribution in [2.45, 2.75) is 38.8 Å². The Balaban J connectivity index is 0.00000288.